The summed E-state index contributed by atoms with van der Waals surface area (Å²) in [6.45, 7) is 1.39. The van der Waals surface area contributed by atoms with Crippen LogP contribution in [-0.2, 0) is 19.2 Å². The van der Waals surface area contributed by atoms with Gasteiger partial charge in [0.1, 0.15) is 16.1 Å². The second kappa shape index (κ2) is 9.52. The van der Waals surface area contributed by atoms with Crippen molar-refractivity contribution in [3.63, 3.8) is 0 Å². The summed E-state index contributed by atoms with van der Waals surface area (Å²) < 4.78 is 5.26. The molecule has 9 nitrogen and oxygen atoms in total. The van der Waals surface area contributed by atoms with Crippen LogP contribution in [0.15, 0.2) is 29.2 Å². The molecule has 3 N–H and O–H groups in total. The lowest BCUT2D eigenvalue weighted by molar-refractivity contribution is -0.146. The number of thioether (sulfide) groups is 1. The molecule has 1 fully saturated rings. The Morgan fingerprint density at radius 2 is 1.79 bits per heavy atom. The predicted octanol–water partition coefficient (Wildman–Crippen LogP) is 2.06. The Bertz CT molecular complexity index is 880. The van der Waals surface area contributed by atoms with Gasteiger partial charge in [-0.3, -0.25) is 14.5 Å². The number of ether oxygens (including phenoxy) is 1. The minimum Gasteiger partial charge on any atom is -0.481 e. The fourth-order valence-corrected chi connectivity index (χ4v) is 3.78. The molecule has 0 spiro atoms. The summed E-state index contributed by atoms with van der Waals surface area (Å²) in [6.07, 6.45) is -0.183. The van der Waals surface area contributed by atoms with Gasteiger partial charge < -0.3 is 20.1 Å². The average molecular weight is 439 g/mol. The Morgan fingerprint density at radius 1 is 1.17 bits per heavy atom. The quantitative estimate of drug-likeness (QED) is 0.387. The molecule has 0 aromatic heterocycles. The topological polar surface area (TPSA) is 141 Å². The van der Waals surface area contributed by atoms with Crippen molar-refractivity contribution in [3.8, 4) is 5.75 Å². The maximum atomic E-state index is 12.6. The van der Waals surface area contributed by atoms with Crippen molar-refractivity contribution < 1.29 is 39.2 Å². The molecule has 0 radical (unpaired) electrons. The van der Waals surface area contributed by atoms with Crippen LogP contribution in [0, 0.1) is 0 Å². The van der Waals surface area contributed by atoms with E-state index in [1.807, 2.05) is 0 Å². The number of carboxylic acid groups (broad SMARTS) is 3. The number of thiocarbonyl (C=S) groups is 1. The summed E-state index contributed by atoms with van der Waals surface area (Å²) in [5.41, 5.74) is 0.596. The highest BCUT2D eigenvalue weighted by Crippen LogP contribution is 2.35. The first kappa shape index (κ1) is 22.4. The number of carbonyl (C=O) groups excluding carboxylic acids is 1. The van der Waals surface area contributed by atoms with Crippen LogP contribution >= 0.6 is 24.0 Å². The van der Waals surface area contributed by atoms with Crippen molar-refractivity contribution in [2.24, 2.45) is 0 Å². The van der Waals surface area contributed by atoms with Gasteiger partial charge in [-0.05, 0) is 37.1 Å². The van der Waals surface area contributed by atoms with Gasteiger partial charge in [-0.2, -0.15) is 0 Å². The maximum Gasteiger partial charge on any atom is 0.344 e. The summed E-state index contributed by atoms with van der Waals surface area (Å²) in [5, 5.41) is 27.0. The van der Waals surface area contributed by atoms with E-state index in [1.165, 1.54) is 13.0 Å². The summed E-state index contributed by atoms with van der Waals surface area (Å²) in [4.78, 5) is 46.8. The highest BCUT2D eigenvalue weighted by Gasteiger charge is 2.40. The Morgan fingerprint density at radius 3 is 2.31 bits per heavy atom. The number of amides is 1. The van der Waals surface area contributed by atoms with E-state index in [4.69, 9.17) is 27.2 Å². The Hall–Kier alpha value is -2.92. The molecule has 0 bridgehead atoms. The van der Waals surface area contributed by atoms with E-state index in [-0.39, 0.29) is 15.6 Å². The molecule has 1 saturated heterocycles. The lowest BCUT2D eigenvalue weighted by Crippen LogP contribution is -2.44. The Labute approximate surface area is 174 Å². The third-order valence-corrected chi connectivity index (χ3v) is 5.22. The van der Waals surface area contributed by atoms with E-state index >= 15 is 0 Å². The molecule has 0 aliphatic carbocycles. The van der Waals surface area contributed by atoms with Gasteiger partial charge in [-0.25, -0.2) is 9.59 Å². The summed E-state index contributed by atoms with van der Waals surface area (Å²) in [5.74, 6) is -3.88. The van der Waals surface area contributed by atoms with Gasteiger partial charge in [-0.15, -0.1) is 0 Å². The van der Waals surface area contributed by atoms with Gasteiger partial charge >= 0.3 is 17.9 Å². The number of nitrogens with zero attached hydrogens (tertiary/aromatic N) is 1. The van der Waals surface area contributed by atoms with Gasteiger partial charge in [0.2, 0.25) is 0 Å². The van der Waals surface area contributed by atoms with Crippen LogP contribution in [0.25, 0.3) is 6.08 Å². The first-order chi connectivity index (χ1) is 13.6. The molecule has 1 amide bonds. The van der Waals surface area contributed by atoms with Crippen LogP contribution in [0.2, 0.25) is 0 Å². The molecule has 1 aromatic carbocycles. The van der Waals surface area contributed by atoms with E-state index in [0.29, 0.717) is 11.3 Å². The molecule has 0 saturated carbocycles. The summed E-state index contributed by atoms with van der Waals surface area (Å²) in [6, 6.07) is 4.93. The molecule has 11 heteroatoms. The molecule has 1 aliphatic rings. The molecule has 29 heavy (non-hydrogen) atoms. The van der Waals surface area contributed by atoms with Gasteiger partial charge in [0.15, 0.2) is 6.10 Å². The van der Waals surface area contributed by atoms with E-state index in [9.17, 15) is 24.3 Å². The minimum absolute atomic E-state index is 0.0364. The SMILES string of the molecule is CC(Oc1ccc(/C=C2\SC(=S)N(C(CCC(=O)O)C(=O)O)C2=O)cc1)C(=O)O. The smallest absolute Gasteiger partial charge is 0.344 e. The van der Waals surface area contributed by atoms with Crippen LogP contribution in [-0.4, -0.2) is 60.5 Å². The van der Waals surface area contributed by atoms with Crippen LogP contribution in [0.5, 0.6) is 5.75 Å². The third-order valence-electron chi connectivity index (χ3n) is 3.89. The number of aliphatic carboxylic acids is 3. The number of benzene rings is 1. The highest BCUT2D eigenvalue weighted by molar-refractivity contribution is 8.26. The van der Waals surface area contributed by atoms with Gasteiger partial charge in [-0.1, -0.05) is 36.1 Å². The van der Waals surface area contributed by atoms with Crippen LogP contribution in [0.1, 0.15) is 25.3 Å². The molecule has 1 aromatic rings. The fraction of sp³-hybridized carbons (Fsp3) is 0.278. The van der Waals surface area contributed by atoms with Crippen LogP contribution in [0.4, 0.5) is 0 Å². The monoisotopic (exact) mass is 439 g/mol. The van der Waals surface area contributed by atoms with E-state index in [1.54, 1.807) is 24.3 Å². The molecule has 2 atom stereocenters. The van der Waals surface area contributed by atoms with Gasteiger partial charge in [0.25, 0.3) is 5.91 Å². The van der Waals surface area contributed by atoms with Crippen molar-refractivity contribution in [1.82, 2.24) is 4.90 Å². The van der Waals surface area contributed by atoms with E-state index in [2.05, 4.69) is 0 Å². The zero-order chi connectivity index (χ0) is 21.7. The second-order valence-corrected chi connectivity index (χ2v) is 7.68. The zero-order valence-corrected chi connectivity index (χ0v) is 16.7. The van der Waals surface area contributed by atoms with Crippen LogP contribution in [0.3, 0.4) is 0 Å². The molecule has 1 aliphatic heterocycles. The fourth-order valence-electron chi connectivity index (χ4n) is 2.42. The number of hydrogen-bond donors (Lipinski definition) is 3. The molecular formula is C18H17NO8S2. The minimum atomic E-state index is -1.36. The van der Waals surface area contributed by atoms with Crippen LogP contribution < -0.4 is 4.74 Å². The summed E-state index contributed by atoms with van der Waals surface area (Å²) in [7, 11) is 0. The first-order valence-electron chi connectivity index (χ1n) is 8.31. The summed E-state index contributed by atoms with van der Waals surface area (Å²) >= 11 is 6.04. The first-order valence-corrected chi connectivity index (χ1v) is 9.53. The lowest BCUT2D eigenvalue weighted by Gasteiger charge is -2.22. The van der Waals surface area contributed by atoms with Crippen molar-refractivity contribution >= 4 is 58.2 Å². The van der Waals surface area contributed by atoms with Gasteiger partial charge in [0.05, 0.1) is 4.91 Å². The molecule has 2 unspecified atom stereocenters. The maximum absolute atomic E-state index is 12.6. The molecular weight excluding hydrogens is 422 g/mol. The number of carbonyl (C=O) groups is 4. The normalized spacial score (nSPS) is 17.3. The third kappa shape index (κ3) is 5.78. The molecule has 2 rings (SSSR count). The Balaban J connectivity index is 2.17. The lowest BCUT2D eigenvalue weighted by atomic mass is 10.1. The number of rotatable bonds is 9. The average Bonchev–Trinajstić information content (AvgIpc) is 2.90. The van der Waals surface area contributed by atoms with Gasteiger partial charge in [0, 0.05) is 6.42 Å². The number of hydrogen-bond acceptors (Lipinski definition) is 7. The van der Waals surface area contributed by atoms with Crippen molar-refractivity contribution in [2.75, 3.05) is 0 Å². The van der Waals surface area contributed by atoms with E-state index < -0.39 is 42.4 Å². The predicted molar refractivity (Wildman–Crippen MR) is 107 cm³/mol. The van der Waals surface area contributed by atoms with Crippen molar-refractivity contribution in [3.05, 3.63) is 34.7 Å². The highest BCUT2D eigenvalue weighted by atomic mass is 32.2. The molecule has 1 heterocycles. The standard InChI is InChI=1S/C18H17NO8S2/c1-9(16(23)24)27-11-4-2-10(3-5-11)8-13-15(22)19(18(28)29-13)12(17(25)26)6-7-14(20)21/h2-5,8-9,12H,6-7H2,1H3,(H,20,21)(H,23,24)(H,25,26)/b13-8-. The second-order valence-electron chi connectivity index (χ2n) is 6.01. The van der Waals surface area contributed by atoms with E-state index in [0.717, 1.165) is 16.7 Å². The largest absolute Gasteiger partial charge is 0.481 e. The zero-order valence-electron chi connectivity index (χ0n) is 15.1. The van der Waals surface area contributed by atoms with Crippen molar-refractivity contribution in [2.45, 2.75) is 31.9 Å². The molecule has 154 valence electrons. The van der Waals surface area contributed by atoms with Crippen molar-refractivity contribution in [1.29, 1.82) is 0 Å². The Kier molecular flexibility index (Phi) is 7.35. The number of carboxylic acids is 3.